The molecule has 34 heavy (non-hydrogen) atoms. The van der Waals surface area contributed by atoms with Crippen molar-refractivity contribution in [1.29, 1.82) is 0 Å². The van der Waals surface area contributed by atoms with E-state index < -0.39 is 24.2 Å². The Morgan fingerprint density at radius 3 is 2.50 bits per heavy atom. The van der Waals surface area contributed by atoms with Gasteiger partial charge in [-0.05, 0) is 29.1 Å². The molecule has 1 aliphatic heterocycles. The number of carbonyl (C=O) groups is 1. The van der Waals surface area contributed by atoms with Crippen LogP contribution in [0.3, 0.4) is 0 Å². The lowest BCUT2D eigenvalue weighted by Gasteiger charge is -2.34. The minimum atomic E-state index is -4.58. The van der Waals surface area contributed by atoms with Gasteiger partial charge in [-0.25, -0.2) is 4.68 Å². The highest BCUT2D eigenvalue weighted by atomic mass is 32.1. The topological polar surface area (TPSA) is 86.6 Å². The van der Waals surface area contributed by atoms with Crippen LogP contribution in [0.5, 0.6) is 17.2 Å². The minimum Gasteiger partial charge on any atom is -0.493 e. The summed E-state index contributed by atoms with van der Waals surface area (Å²) in [6.45, 7) is 0.264. The maximum atomic E-state index is 14.0. The van der Waals surface area contributed by atoms with Crippen LogP contribution in [0.2, 0.25) is 0 Å². The average molecular weight is 497 g/mol. The molecule has 2 N–H and O–H groups in total. The van der Waals surface area contributed by atoms with Crippen LogP contribution in [-0.2, 0) is 6.54 Å². The summed E-state index contributed by atoms with van der Waals surface area (Å²) in [6.07, 6.45) is -3.76. The monoisotopic (exact) mass is 496 g/mol. The first-order valence-electron chi connectivity index (χ1n) is 10.3. The molecule has 1 amide bonds. The number of carbonyl (C=O) groups excluding carboxylic acids is 1. The van der Waals surface area contributed by atoms with Crippen LogP contribution in [0.1, 0.15) is 39.3 Å². The maximum Gasteiger partial charge on any atom is 0.410 e. The Morgan fingerprint density at radius 2 is 1.94 bits per heavy atom. The number of aromatic nitrogens is 2. The molecule has 2 aromatic heterocycles. The molecule has 182 valence electrons. The molecule has 0 spiro atoms. The molecule has 1 aliphatic rings. The first-order chi connectivity index (χ1) is 16.3. The fourth-order valence-corrected chi connectivity index (χ4v) is 4.57. The summed E-state index contributed by atoms with van der Waals surface area (Å²) in [5.41, 5.74) is 0.518. The molecule has 0 aliphatic carbocycles. The van der Waals surface area contributed by atoms with Crippen LogP contribution in [0.4, 0.5) is 19.0 Å². The Kier molecular flexibility index (Phi) is 6.60. The zero-order valence-corrected chi connectivity index (χ0v) is 19.4. The lowest BCUT2D eigenvalue weighted by molar-refractivity contribution is -0.173. The third-order valence-corrected chi connectivity index (χ3v) is 6.45. The van der Waals surface area contributed by atoms with Crippen LogP contribution in [-0.4, -0.2) is 43.2 Å². The van der Waals surface area contributed by atoms with Gasteiger partial charge in [-0.1, -0.05) is 6.07 Å². The summed E-state index contributed by atoms with van der Waals surface area (Å²) in [5.74, 6) is 0.436. The van der Waals surface area contributed by atoms with E-state index in [1.54, 1.807) is 12.1 Å². The van der Waals surface area contributed by atoms with Crippen molar-refractivity contribution >= 4 is 23.1 Å². The van der Waals surface area contributed by atoms with Gasteiger partial charge in [-0.15, -0.1) is 11.3 Å². The summed E-state index contributed by atoms with van der Waals surface area (Å²) < 4.78 is 58.9. The molecular weight excluding hydrogens is 473 g/mol. The second-order valence-electron chi connectivity index (χ2n) is 7.56. The number of benzene rings is 1. The first kappa shape index (κ1) is 23.7. The van der Waals surface area contributed by atoms with Crippen molar-refractivity contribution in [3.63, 3.8) is 0 Å². The van der Waals surface area contributed by atoms with Gasteiger partial charge in [0, 0.05) is 11.3 Å². The van der Waals surface area contributed by atoms with Gasteiger partial charge in [-0.3, -0.25) is 4.79 Å². The second-order valence-corrected chi connectivity index (χ2v) is 8.59. The number of hydrogen-bond donors (Lipinski definition) is 2. The molecule has 2 atom stereocenters. The smallest absolute Gasteiger partial charge is 0.410 e. The highest BCUT2D eigenvalue weighted by molar-refractivity contribution is 7.09. The minimum absolute atomic E-state index is 0.00370. The van der Waals surface area contributed by atoms with E-state index in [0.29, 0.717) is 22.8 Å². The largest absolute Gasteiger partial charge is 0.493 e. The van der Waals surface area contributed by atoms with E-state index in [-0.39, 0.29) is 24.3 Å². The molecule has 0 fully saturated rings. The van der Waals surface area contributed by atoms with Crippen molar-refractivity contribution in [3.8, 4) is 17.2 Å². The number of thiophene rings is 1. The molecule has 0 unspecified atom stereocenters. The van der Waals surface area contributed by atoms with E-state index in [0.717, 1.165) is 15.8 Å². The van der Waals surface area contributed by atoms with Crippen molar-refractivity contribution in [3.05, 3.63) is 51.8 Å². The fraction of sp³-hybridized carbons (Fsp3) is 0.364. The first-order valence-corrected chi connectivity index (χ1v) is 11.2. The Balaban J connectivity index is 1.70. The van der Waals surface area contributed by atoms with Gasteiger partial charge in [0.25, 0.3) is 5.91 Å². The number of halogens is 3. The van der Waals surface area contributed by atoms with Gasteiger partial charge in [0.05, 0.1) is 40.1 Å². The molecule has 1 aromatic carbocycles. The molecule has 0 saturated heterocycles. The van der Waals surface area contributed by atoms with Crippen LogP contribution >= 0.6 is 11.3 Å². The lowest BCUT2D eigenvalue weighted by atomic mass is 9.95. The van der Waals surface area contributed by atoms with Crippen molar-refractivity contribution in [2.24, 2.45) is 0 Å². The summed E-state index contributed by atoms with van der Waals surface area (Å²) in [6, 6.07) is 4.17. The van der Waals surface area contributed by atoms with E-state index in [9.17, 15) is 18.0 Å². The maximum absolute atomic E-state index is 14.0. The number of nitrogens with zero attached hydrogens (tertiary/aromatic N) is 2. The van der Waals surface area contributed by atoms with Crippen LogP contribution < -0.4 is 24.8 Å². The molecule has 0 bridgehead atoms. The fourth-order valence-electron chi connectivity index (χ4n) is 3.93. The molecule has 12 heteroatoms. The summed E-state index contributed by atoms with van der Waals surface area (Å²) in [4.78, 5) is 13.7. The van der Waals surface area contributed by atoms with Crippen LogP contribution in [0.15, 0.2) is 35.8 Å². The number of anilines is 1. The standard InChI is InChI=1S/C22H23F3N4O4S/c1-31-16-7-12(8-17(32-2)19(16)33-3)15-9-18(22(23,24)25)29-20(28-15)14(11-27-29)21(30)26-10-13-5-4-6-34-13/h4-8,11,15,18,28H,9-10H2,1-3H3,(H,26,30)/t15-,18+/m0/s1. The number of alkyl halides is 3. The highest BCUT2D eigenvalue weighted by Gasteiger charge is 2.47. The van der Waals surface area contributed by atoms with E-state index in [1.807, 2.05) is 17.5 Å². The van der Waals surface area contributed by atoms with E-state index in [4.69, 9.17) is 14.2 Å². The SMILES string of the molecule is COc1cc([C@@H]2C[C@H](C(F)(F)F)n3ncc(C(=O)NCc4cccs4)c3N2)cc(OC)c1OC. The van der Waals surface area contributed by atoms with Gasteiger partial charge in [0.1, 0.15) is 11.4 Å². The van der Waals surface area contributed by atoms with Gasteiger partial charge in [-0.2, -0.15) is 18.3 Å². The second kappa shape index (κ2) is 9.45. The van der Waals surface area contributed by atoms with Crippen molar-refractivity contribution in [1.82, 2.24) is 15.1 Å². The Hall–Kier alpha value is -3.41. The van der Waals surface area contributed by atoms with Crippen LogP contribution in [0, 0.1) is 0 Å². The normalized spacial score (nSPS) is 17.5. The molecule has 3 aromatic rings. The van der Waals surface area contributed by atoms with Crippen molar-refractivity contribution in [2.45, 2.75) is 31.2 Å². The zero-order chi connectivity index (χ0) is 24.5. The van der Waals surface area contributed by atoms with Gasteiger partial charge in [0.2, 0.25) is 5.75 Å². The van der Waals surface area contributed by atoms with Gasteiger partial charge in [0.15, 0.2) is 17.5 Å². The van der Waals surface area contributed by atoms with Gasteiger partial charge < -0.3 is 24.8 Å². The average Bonchev–Trinajstić information content (AvgIpc) is 3.50. The molecule has 0 saturated carbocycles. The number of fused-ring (bicyclic) bond motifs is 1. The third-order valence-electron chi connectivity index (χ3n) is 5.58. The number of hydrogen-bond acceptors (Lipinski definition) is 7. The molecular formula is C22H23F3N4O4S. The van der Waals surface area contributed by atoms with E-state index in [1.165, 1.54) is 32.7 Å². The predicted molar refractivity (Wildman–Crippen MR) is 120 cm³/mol. The lowest BCUT2D eigenvalue weighted by Crippen LogP contribution is -2.36. The van der Waals surface area contributed by atoms with Crippen molar-refractivity contribution in [2.75, 3.05) is 26.6 Å². The predicted octanol–water partition coefficient (Wildman–Crippen LogP) is 4.56. The molecule has 8 nitrogen and oxygen atoms in total. The number of methoxy groups -OCH3 is 3. The summed E-state index contributed by atoms with van der Waals surface area (Å²) in [7, 11) is 4.30. The number of ether oxygens (including phenoxy) is 3. The molecule has 4 rings (SSSR count). The van der Waals surface area contributed by atoms with Crippen molar-refractivity contribution < 1.29 is 32.2 Å². The van der Waals surface area contributed by atoms with Crippen LogP contribution in [0.25, 0.3) is 0 Å². The van der Waals surface area contributed by atoms with E-state index in [2.05, 4.69) is 15.7 Å². The summed E-state index contributed by atoms with van der Waals surface area (Å²) >= 11 is 1.47. The number of nitrogens with one attached hydrogen (secondary N) is 2. The number of amides is 1. The Labute approximate surface area is 197 Å². The quantitative estimate of drug-likeness (QED) is 0.499. The van der Waals surface area contributed by atoms with Gasteiger partial charge >= 0.3 is 6.18 Å². The summed E-state index contributed by atoms with van der Waals surface area (Å²) in [5, 5.41) is 11.6. The Morgan fingerprint density at radius 1 is 1.24 bits per heavy atom. The highest BCUT2D eigenvalue weighted by Crippen LogP contribution is 2.47. The van der Waals surface area contributed by atoms with E-state index >= 15 is 0 Å². The zero-order valence-electron chi connectivity index (χ0n) is 18.6. The number of rotatable bonds is 7. The Bertz CT molecular complexity index is 1140. The molecule has 3 heterocycles. The third kappa shape index (κ3) is 4.49. The molecule has 0 radical (unpaired) electrons.